The van der Waals surface area contributed by atoms with Crippen LogP contribution in [0.15, 0.2) is 6.20 Å². The molecule has 0 fully saturated rings. The predicted molar refractivity (Wildman–Crippen MR) is 34.0 cm³/mol. The van der Waals surface area contributed by atoms with Gasteiger partial charge in [0.25, 0.3) is 0 Å². The number of aromatic amines is 1. The Hall–Kier alpha value is -0.830. The van der Waals surface area contributed by atoms with Crippen LogP contribution in [0.3, 0.4) is 0 Å². The zero-order valence-corrected chi connectivity index (χ0v) is 5.55. The molecule has 0 aliphatic rings. The second-order valence-electron chi connectivity index (χ2n) is 2.14. The number of aliphatic hydroxyl groups excluding tert-OH is 1. The summed E-state index contributed by atoms with van der Waals surface area (Å²) in [6.07, 6.45) is 1.26. The molecule has 0 spiro atoms. The lowest BCUT2D eigenvalue weighted by Crippen LogP contribution is -1.92. The molecule has 50 valence electrons. The quantitative estimate of drug-likeness (QED) is 0.584. The lowest BCUT2D eigenvalue weighted by molar-refractivity contribution is 0.193. The van der Waals surface area contributed by atoms with Gasteiger partial charge in [0.05, 0.1) is 18.0 Å². The van der Waals surface area contributed by atoms with E-state index in [0.717, 1.165) is 11.3 Å². The van der Waals surface area contributed by atoms with Crippen LogP contribution in [0.1, 0.15) is 24.3 Å². The number of hydrogen-bond acceptors (Lipinski definition) is 2. The minimum atomic E-state index is -0.438. The second kappa shape index (κ2) is 2.19. The molecule has 0 amide bonds. The fourth-order valence-corrected chi connectivity index (χ4v) is 0.779. The first-order valence-electron chi connectivity index (χ1n) is 2.89. The van der Waals surface area contributed by atoms with Crippen LogP contribution in [0.5, 0.6) is 0 Å². The monoisotopic (exact) mass is 126 g/mol. The molecular weight excluding hydrogens is 116 g/mol. The Morgan fingerprint density at radius 2 is 2.44 bits per heavy atom. The molecule has 0 saturated heterocycles. The summed E-state index contributed by atoms with van der Waals surface area (Å²) in [5, 5.41) is 15.5. The van der Waals surface area contributed by atoms with Gasteiger partial charge in [-0.3, -0.25) is 5.10 Å². The smallest absolute Gasteiger partial charge is 0.0928 e. The second-order valence-corrected chi connectivity index (χ2v) is 2.14. The summed E-state index contributed by atoms with van der Waals surface area (Å²) >= 11 is 0. The first-order valence-corrected chi connectivity index (χ1v) is 2.89. The van der Waals surface area contributed by atoms with E-state index in [1.54, 1.807) is 13.1 Å². The first kappa shape index (κ1) is 6.29. The van der Waals surface area contributed by atoms with Crippen LogP contribution in [-0.4, -0.2) is 15.3 Å². The fraction of sp³-hybridized carbons (Fsp3) is 0.500. The van der Waals surface area contributed by atoms with Crippen molar-refractivity contribution in [2.45, 2.75) is 20.0 Å². The summed E-state index contributed by atoms with van der Waals surface area (Å²) < 4.78 is 0. The highest BCUT2D eigenvalue weighted by Gasteiger charge is 2.04. The van der Waals surface area contributed by atoms with E-state index in [1.807, 2.05) is 6.92 Å². The van der Waals surface area contributed by atoms with Gasteiger partial charge in [0, 0.05) is 0 Å². The summed E-state index contributed by atoms with van der Waals surface area (Å²) in [6, 6.07) is 0. The minimum Gasteiger partial charge on any atom is -0.387 e. The van der Waals surface area contributed by atoms with Gasteiger partial charge in [-0.05, 0) is 19.4 Å². The molecule has 0 aliphatic carbocycles. The first-order chi connectivity index (χ1) is 4.22. The van der Waals surface area contributed by atoms with E-state index >= 15 is 0 Å². The highest BCUT2D eigenvalue weighted by molar-refractivity contribution is 5.15. The van der Waals surface area contributed by atoms with Crippen molar-refractivity contribution in [1.82, 2.24) is 10.2 Å². The van der Waals surface area contributed by atoms with E-state index in [-0.39, 0.29) is 0 Å². The third-order valence-electron chi connectivity index (χ3n) is 1.29. The number of nitrogens with zero attached hydrogens (tertiary/aromatic N) is 1. The molecule has 1 aromatic heterocycles. The van der Waals surface area contributed by atoms with Gasteiger partial charge >= 0.3 is 0 Å². The third kappa shape index (κ3) is 1.10. The van der Waals surface area contributed by atoms with E-state index in [9.17, 15) is 0 Å². The number of rotatable bonds is 1. The molecule has 3 heteroatoms. The van der Waals surface area contributed by atoms with Gasteiger partial charge in [-0.2, -0.15) is 5.10 Å². The maximum absolute atomic E-state index is 9.02. The van der Waals surface area contributed by atoms with Gasteiger partial charge in [0.15, 0.2) is 0 Å². The standard InChI is InChI=1S/C6H10N2O/c1-4-3-7-8-6(4)5(2)9/h3,5,9H,1-2H3,(H,7,8). The van der Waals surface area contributed by atoms with Crippen molar-refractivity contribution < 1.29 is 5.11 Å². The average molecular weight is 126 g/mol. The maximum Gasteiger partial charge on any atom is 0.0928 e. The lowest BCUT2D eigenvalue weighted by atomic mass is 10.2. The van der Waals surface area contributed by atoms with Crippen molar-refractivity contribution in [2.24, 2.45) is 0 Å². The summed E-state index contributed by atoms with van der Waals surface area (Å²) in [6.45, 7) is 3.62. The van der Waals surface area contributed by atoms with Crippen molar-refractivity contribution in [3.05, 3.63) is 17.5 Å². The number of aliphatic hydroxyl groups is 1. The van der Waals surface area contributed by atoms with E-state index in [1.165, 1.54) is 0 Å². The average Bonchev–Trinajstić information content (AvgIpc) is 2.13. The lowest BCUT2D eigenvalue weighted by Gasteiger charge is -1.99. The van der Waals surface area contributed by atoms with Crippen molar-refractivity contribution >= 4 is 0 Å². The molecule has 0 aliphatic heterocycles. The highest BCUT2D eigenvalue weighted by Crippen LogP contribution is 2.11. The summed E-state index contributed by atoms with van der Waals surface area (Å²) in [7, 11) is 0. The van der Waals surface area contributed by atoms with Crippen LogP contribution >= 0.6 is 0 Å². The molecule has 3 nitrogen and oxygen atoms in total. The summed E-state index contributed by atoms with van der Waals surface area (Å²) in [5.74, 6) is 0. The fourth-order valence-electron chi connectivity index (χ4n) is 0.779. The number of aryl methyl sites for hydroxylation is 1. The Morgan fingerprint density at radius 3 is 2.67 bits per heavy atom. The van der Waals surface area contributed by atoms with Crippen molar-refractivity contribution in [3.63, 3.8) is 0 Å². The molecular formula is C6H10N2O. The van der Waals surface area contributed by atoms with Gasteiger partial charge in [0.2, 0.25) is 0 Å². The molecule has 0 saturated carbocycles. The predicted octanol–water partition coefficient (Wildman–Crippen LogP) is 0.771. The molecule has 1 rings (SSSR count). The Bertz CT molecular complexity index is 193. The van der Waals surface area contributed by atoms with E-state index in [4.69, 9.17) is 5.11 Å². The van der Waals surface area contributed by atoms with Gasteiger partial charge in [-0.1, -0.05) is 0 Å². The Labute approximate surface area is 53.7 Å². The number of nitrogens with one attached hydrogen (secondary N) is 1. The van der Waals surface area contributed by atoms with Crippen molar-refractivity contribution in [1.29, 1.82) is 0 Å². The van der Waals surface area contributed by atoms with Crippen LogP contribution in [-0.2, 0) is 0 Å². The molecule has 1 atom stereocenters. The Kier molecular flexibility index (Phi) is 1.53. The SMILES string of the molecule is Cc1cn[nH]c1C(C)O. The summed E-state index contributed by atoms with van der Waals surface area (Å²) in [4.78, 5) is 0. The van der Waals surface area contributed by atoms with Crippen LogP contribution in [0.2, 0.25) is 0 Å². The van der Waals surface area contributed by atoms with Gasteiger partial charge in [-0.15, -0.1) is 0 Å². The maximum atomic E-state index is 9.02. The minimum absolute atomic E-state index is 0.438. The molecule has 2 N–H and O–H groups in total. The van der Waals surface area contributed by atoms with E-state index < -0.39 is 6.10 Å². The highest BCUT2D eigenvalue weighted by atomic mass is 16.3. The van der Waals surface area contributed by atoms with Crippen molar-refractivity contribution in [2.75, 3.05) is 0 Å². The molecule has 0 aromatic carbocycles. The molecule has 1 aromatic rings. The van der Waals surface area contributed by atoms with Gasteiger partial charge in [-0.25, -0.2) is 0 Å². The van der Waals surface area contributed by atoms with E-state index in [2.05, 4.69) is 10.2 Å². The normalized spacial score (nSPS) is 13.7. The van der Waals surface area contributed by atoms with Crippen LogP contribution < -0.4 is 0 Å². The number of H-pyrrole nitrogens is 1. The van der Waals surface area contributed by atoms with Gasteiger partial charge < -0.3 is 5.11 Å². The zero-order chi connectivity index (χ0) is 6.85. The molecule has 0 radical (unpaired) electrons. The van der Waals surface area contributed by atoms with Crippen molar-refractivity contribution in [3.8, 4) is 0 Å². The molecule has 0 bridgehead atoms. The van der Waals surface area contributed by atoms with Crippen LogP contribution in [0, 0.1) is 6.92 Å². The zero-order valence-electron chi connectivity index (χ0n) is 5.55. The van der Waals surface area contributed by atoms with Crippen LogP contribution in [0.25, 0.3) is 0 Å². The Morgan fingerprint density at radius 1 is 1.78 bits per heavy atom. The number of aromatic nitrogens is 2. The van der Waals surface area contributed by atoms with Gasteiger partial charge in [0.1, 0.15) is 0 Å². The molecule has 1 unspecified atom stereocenters. The summed E-state index contributed by atoms with van der Waals surface area (Å²) in [5.41, 5.74) is 1.81. The largest absolute Gasteiger partial charge is 0.387 e. The van der Waals surface area contributed by atoms with E-state index in [0.29, 0.717) is 0 Å². The third-order valence-corrected chi connectivity index (χ3v) is 1.29. The number of hydrogen-bond donors (Lipinski definition) is 2. The topological polar surface area (TPSA) is 48.9 Å². The molecule has 1 heterocycles. The van der Waals surface area contributed by atoms with Crippen LogP contribution in [0.4, 0.5) is 0 Å². The molecule has 9 heavy (non-hydrogen) atoms. The Balaban J connectivity index is 2.94.